The van der Waals surface area contributed by atoms with Crippen molar-refractivity contribution >= 4 is 5.69 Å². The van der Waals surface area contributed by atoms with Gasteiger partial charge in [-0.25, -0.2) is 14.6 Å². The van der Waals surface area contributed by atoms with E-state index in [4.69, 9.17) is 0 Å². The highest BCUT2D eigenvalue weighted by Crippen LogP contribution is 2.20. The fourth-order valence-corrected chi connectivity index (χ4v) is 1.68. The lowest BCUT2D eigenvalue weighted by Crippen LogP contribution is -2.08. The zero-order chi connectivity index (χ0) is 14.9. The van der Waals surface area contributed by atoms with Crippen molar-refractivity contribution in [3.05, 3.63) is 40.1 Å². The van der Waals surface area contributed by atoms with Crippen LogP contribution >= 0.6 is 0 Å². The molecule has 0 saturated carbocycles. The van der Waals surface area contributed by atoms with Crippen LogP contribution in [0.1, 0.15) is 51.0 Å². The van der Waals surface area contributed by atoms with Gasteiger partial charge in [-0.2, -0.15) is 5.10 Å². The largest absolute Gasteiger partial charge is 0.307 e. The molecule has 2 heterocycles. The van der Waals surface area contributed by atoms with Crippen LogP contribution in [0.2, 0.25) is 0 Å². The van der Waals surface area contributed by atoms with Gasteiger partial charge in [-0.05, 0) is 5.92 Å². The van der Waals surface area contributed by atoms with Crippen molar-refractivity contribution in [1.29, 1.82) is 0 Å². The van der Waals surface area contributed by atoms with Crippen molar-refractivity contribution in [2.75, 3.05) is 0 Å². The molecule has 0 aliphatic rings. The van der Waals surface area contributed by atoms with Crippen molar-refractivity contribution in [2.24, 2.45) is 0 Å². The molecule has 0 aromatic carbocycles. The average Bonchev–Trinajstić information content (AvgIpc) is 2.87. The number of nitrogens with zero attached hydrogens (tertiary/aromatic N) is 5. The Morgan fingerprint density at radius 2 is 1.90 bits per heavy atom. The molecule has 0 spiro atoms. The van der Waals surface area contributed by atoms with Gasteiger partial charge in [0.1, 0.15) is 18.2 Å². The van der Waals surface area contributed by atoms with Crippen LogP contribution in [0.5, 0.6) is 0 Å². The highest BCUT2D eigenvalue weighted by molar-refractivity contribution is 5.31. The Balaban J connectivity index is 2.51. The highest BCUT2D eigenvalue weighted by Gasteiger charge is 2.15. The van der Waals surface area contributed by atoms with Gasteiger partial charge in [0, 0.05) is 17.7 Å². The standard InChI is InChI=1S/C13H17N5O2/c1-8(2)11-5-12(16-13(15-11)9(3)4)17-7-10(6-14-17)18(19)20/h5-9H,1-4H3. The fraction of sp³-hybridized carbons (Fsp3) is 0.462. The molecule has 0 bridgehead atoms. The normalized spacial score (nSPS) is 11.3. The second-order valence-electron chi connectivity index (χ2n) is 5.22. The SMILES string of the molecule is CC(C)c1cc(-n2cc([N+](=O)[O-])cn2)nc(C(C)C)n1. The summed E-state index contributed by atoms with van der Waals surface area (Å²) in [4.78, 5) is 19.2. The molecule has 0 aliphatic heterocycles. The maximum atomic E-state index is 10.7. The number of hydrogen-bond acceptors (Lipinski definition) is 5. The number of hydrogen-bond donors (Lipinski definition) is 0. The first kappa shape index (κ1) is 14.1. The number of rotatable bonds is 4. The summed E-state index contributed by atoms with van der Waals surface area (Å²) >= 11 is 0. The van der Waals surface area contributed by atoms with Gasteiger partial charge in [-0.15, -0.1) is 0 Å². The van der Waals surface area contributed by atoms with Crippen molar-refractivity contribution in [2.45, 2.75) is 39.5 Å². The summed E-state index contributed by atoms with van der Waals surface area (Å²) in [5.41, 5.74) is 0.845. The maximum Gasteiger partial charge on any atom is 0.307 e. The minimum Gasteiger partial charge on any atom is -0.258 e. The Morgan fingerprint density at radius 1 is 1.20 bits per heavy atom. The number of aromatic nitrogens is 4. The zero-order valence-corrected chi connectivity index (χ0v) is 11.9. The Morgan fingerprint density at radius 3 is 2.40 bits per heavy atom. The van der Waals surface area contributed by atoms with E-state index in [1.54, 1.807) is 0 Å². The third-order valence-corrected chi connectivity index (χ3v) is 2.87. The van der Waals surface area contributed by atoms with Crippen LogP contribution in [0, 0.1) is 10.1 Å². The van der Waals surface area contributed by atoms with Gasteiger partial charge >= 0.3 is 5.69 Å². The van der Waals surface area contributed by atoms with Crippen molar-refractivity contribution in [3.8, 4) is 5.82 Å². The topological polar surface area (TPSA) is 86.7 Å². The van der Waals surface area contributed by atoms with Crippen LogP contribution in [-0.4, -0.2) is 24.7 Å². The molecule has 20 heavy (non-hydrogen) atoms. The molecular weight excluding hydrogens is 258 g/mol. The van der Waals surface area contributed by atoms with Gasteiger partial charge < -0.3 is 0 Å². The molecule has 2 aromatic rings. The molecular formula is C13H17N5O2. The molecule has 2 aromatic heterocycles. The van der Waals surface area contributed by atoms with Crippen molar-refractivity contribution in [1.82, 2.24) is 19.7 Å². The van der Waals surface area contributed by atoms with E-state index in [0.29, 0.717) is 11.6 Å². The van der Waals surface area contributed by atoms with E-state index in [1.807, 2.05) is 33.8 Å². The first-order valence-electron chi connectivity index (χ1n) is 6.46. The number of nitro groups is 1. The van der Waals surface area contributed by atoms with E-state index >= 15 is 0 Å². The van der Waals surface area contributed by atoms with Crippen molar-refractivity contribution in [3.63, 3.8) is 0 Å². The van der Waals surface area contributed by atoms with Crippen molar-refractivity contribution < 1.29 is 4.92 Å². The van der Waals surface area contributed by atoms with Gasteiger partial charge in [0.15, 0.2) is 5.82 Å². The van der Waals surface area contributed by atoms with Crippen LogP contribution in [0.3, 0.4) is 0 Å². The molecule has 0 aliphatic carbocycles. The smallest absolute Gasteiger partial charge is 0.258 e. The van der Waals surface area contributed by atoms with E-state index in [-0.39, 0.29) is 17.5 Å². The molecule has 0 N–H and O–H groups in total. The molecule has 0 amide bonds. The Bertz CT molecular complexity index is 607. The summed E-state index contributed by atoms with van der Waals surface area (Å²) < 4.78 is 1.41. The molecule has 0 fully saturated rings. The van der Waals surface area contributed by atoms with E-state index in [1.165, 1.54) is 17.1 Å². The molecule has 0 unspecified atom stereocenters. The molecule has 7 nitrogen and oxygen atoms in total. The highest BCUT2D eigenvalue weighted by atomic mass is 16.6. The lowest BCUT2D eigenvalue weighted by molar-refractivity contribution is -0.384. The summed E-state index contributed by atoms with van der Waals surface area (Å²) in [6, 6.07) is 1.81. The minimum absolute atomic E-state index is 0.0548. The van der Waals surface area contributed by atoms with Crippen LogP contribution in [0.4, 0.5) is 5.69 Å². The van der Waals surface area contributed by atoms with E-state index in [2.05, 4.69) is 15.1 Å². The van der Waals surface area contributed by atoms with Gasteiger partial charge in [0.25, 0.3) is 0 Å². The molecule has 2 rings (SSSR count). The molecule has 0 radical (unpaired) electrons. The first-order chi connectivity index (χ1) is 9.38. The molecule has 106 valence electrons. The Hall–Kier alpha value is -2.31. The second-order valence-corrected chi connectivity index (χ2v) is 5.22. The first-order valence-corrected chi connectivity index (χ1v) is 6.46. The Labute approximate surface area is 116 Å². The van der Waals surface area contributed by atoms with E-state index < -0.39 is 4.92 Å². The third kappa shape index (κ3) is 2.81. The summed E-state index contributed by atoms with van der Waals surface area (Å²) in [5.74, 6) is 1.70. The van der Waals surface area contributed by atoms with Gasteiger partial charge in [-0.3, -0.25) is 10.1 Å². The molecule has 0 atom stereocenters. The quantitative estimate of drug-likeness (QED) is 0.632. The fourth-order valence-electron chi connectivity index (χ4n) is 1.68. The zero-order valence-electron chi connectivity index (χ0n) is 11.9. The van der Waals surface area contributed by atoms with Crippen LogP contribution in [0.15, 0.2) is 18.5 Å². The summed E-state index contributed by atoms with van der Waals surface area (Å²) in [5, 5.41) is 14.7. The van der Waals surface area contributed by atoms with Gasteiger partial charge in [0.05, 0.1) is 4.92 Å². The third-order valence-electron chi connectivity index (χ3n) is 2.87. The summed E-state index contributed by atoms with van der Waals surface area (Å²) in [7, 11) is 0. The summed E-state index contributed by atoms with van der Waals surface area (Å²) in [6.07, 6.45) is 2.57. The predicted octanol–water partition coefficient (Wildman–Crippen LogP) is 2.82. The lowest BCUT2D eigenvalue weighted by atomic mass is 10.1. The van der Waals surface area contributed by atoms with Gasteiger partial charge in [-0.1, -0.05) is 27.7 Å². The molecule has 7 heteroatoms. The second kappa shape index (κ2) is 5.36. The van der Waals surface area contributed by atoms with Gasteiger partial charge in [0.2, 0.25) is 0 Å². The monoisotopic (exact) mass is 275 g/mol. The molecule has 0 saturated heterocycles. The van der Waals surface area contributed by atoms with E-state index in [9.17, 15) is 10.1 Å². The summed E-state index contributed by atoms with van der Waals surface area (Å²) in [6.45, 7) is 8.10. The van der Waals surface area contributed by atoms with E-state index in [0.717, 1.165) is 5.69 Å². The van der Waals surface area contributed by atoms with Crippen LogP contribution < -0.4 is 0 Å². The van der Waals surface area contributed by atoms with Crippen LogP contribution in [0.25, 0.3) is 5.82 Å². The predicted molar refractivity (Wildman–Crippen MR) is 74.0 cm³/mol. The minimum atomic E-state index is -0.475. The van der Waals surface area contributed by atoms with Crippen LogP contribution in [-0.2, 0) is 0 Å². The average molecular weight is 275 g/mol. The lowest BCUT2D eigenvalue weighted by Gasteiger charge is -2.11. The Kier molecular flexibility index (Phi) is 3.78. The maximum absolute atomic E-state index is 10.7.